The monoisotopic (exact) mass is 279 g/mol. The first kappa shape index (κ1) is 16.1. The average Bonchev–Trinajstić information content (AvgIpc) is 2.33. The highest BCUT2D eigenvalue weighted by Crippen LogP contribution is 2.24. The van der Waals surface area contributed by atoms with Crippen molar-refractivity contribution in [1.82, 2.24) is 5.32 Å². The molecule has 0 aromatic heterocycles. The molecule has 0 saturated heterocycles. The van der Waals surface area contributed by atoms with Gasteiger partial charge in [-0.15, -0.1) is 11.8 Å². The number of carbonyl (C=O) groups is 1. The smallest absolute Gasteiger partial charge is 0.230 e. The van der Waals surface area contributed by atoms with Gasteiger partial charge in [0.25, 0.3) is 0 Å². The van der Waals surface area contributed by atoms with E-state index < -0.39 is 0 Å². The number of hydrogen-bond acceptors (Lipinski definition) is 2. The minimum Gasteiger partial charge on any atom is -0.348 e. The Morgan fingerprint density at radius 1 is 1.21 bits per heavy atom. The predicted octanol–water partition coefficient (Wildman–Crippen LogP) is 4.03. The third-order valence-corrected chi connectivity index (χ3v) is 4.05. The van der Waals surface area contributed by atoms with Crippen LogP contribution in [0.2, 0.25) is 0 Å². The molecule has 2 nitrogen and oxygen atoms in total. The molecule has 1 unspecified atom stereocenters. The number of hydrogen-bond donors (Lipinski definition) is 1. The molecule has 3 heteroatoms. The zero-order chi connectivity index (χ0) is 14.5. The van der Waals surface area contributed by atoms with Crippen molar-refractivity contribution in [3.05, 3.63) is 35.9 Å². The zero-order valence-electron chi connectivity index (χ0n) is 12.6. The Balaban J connectivity index is 2.63. The van der Waals surface area contributed by atoms with Crippen molar-refractivity contribution in [2.75, 3.05) is 5.75 Å². The van der Waals surface area contributed by atoms with Crippen LogP contribution in [-0.4, -0.2) is 16.4 Å². The third-order valence-electron chi connectivity index (χ3n) is 2.78. The Kier molecular flexibility index (Phi) is 5.92. The van der Waals surface area contributed by atoms with Gasteiger partial charge in [-0.3, -0.25) is 4.79 Å². The Morgan fingerprint density at radius 3 is 2.26 bits per heavy atom. The summed E-state index contributed by atoms with van der Waals surface area (Å²) in [5.74, 6) is 1.01. The lowest BCUT2D eigenvalue weighted by Crippen LogP contribution is -2.33. The molecule has 0 fully saturated rings. The maximum absolute atomic E-state index is 12.0. The van der Waals surface area contributed by atoms with Crippen LogP contribution in [0.1, 0.15) is 46.2 Å². The van der Waals surface area contributed by atoms with Gasteiger partial charge in [0.1, 0.15) is 0 Å². The third kappa shape index (κ3) is 6.15. The van der Waals surface area contributed by atoms with Gasteiger partial charge in [0.15, 0.2) is 0 Å². The van der Waals surface area contributed by atoms with Crippen molar-refractivity contribution in [3.63, 3.8) is 0 Å². The molecule has 106 valence electrons. The van der Waals surface area contributed by atoms with E-state index in [0.29, 0.717) is 11.7 Å². The Hall–Kier alpha value is -0.960. The van der Waals surface area contributed by atoms with E-state index in [9.17, 15) is 4.79 Å². The number of carbonyl (C=O) groups excluding carboxylic acids is 1. The summed E-state index contributed by atoms with van der Waals surface area (Å²) < 4.78 is 0.122. The van der Waals surface area contributed by atoms with Crippen LogP contribution in [0.3, 0.4) is 0 Å². The Morgan fingerprint density at radius 2 is 1.79 bits per heavy atom. The second-order valence-corrected chi connectivity index (χ2v) is 7.90. The molecule has 0 spiro atoms. The topological polar surface area (TPSA) is 29.1 Å². The van der Waals surface area contributed by atoms with E-state index in [1.807, 2.05) is 18.2 Å². The van der Waals surface area contributed by atoms with Crippen LogP contribution >= 0.6 is 11.8 Å². The number of rotatable bonds is 5. The van der Waals surface area contributed by atoms with Crippen molar-refractivity contribution >= 4 is 17.7 Å². The quantitative estimate of drug-likeness (QED) is 0.881. The fraction of sp³-hybridized carbons (Fsp3) is 0.562. The molecule has 1 atom stereocenters. The lowest BCUT2D eigenvalue weighted by atomic mass is 9.96. The molecule has 1 rings (SSSR count). The van der Waals surface area contributed by atoms with Gasteiger partial charge >= 0.3 is 0 Å². The van der Waals surface area contributed by atoms with Gasteiger partial charge in [-0.1, -0.05) is 65.0 Å². The number of benzene rings is 1. The zero-order valence-corrected chi connectivity index (χ0v) is 13.4. The van der Waals surface area contributed by atoms with Crippen LogP contribution in [0.4, 0.5) is 0 Å². The minimum absolute atomic E-state index is 0.0919. The summed E-state index contributed by atoms with van der Waals surface area (Å²) in [4.78, 5) is 12.0. The van der Waals surface area contributed by atoms with Crippen molar-refractivity contribution < 1.29 is 4.79 Å². The van der Waals surface area contributed by atoms with E-state index in [2.05, 4.69) is 52.1 Å². The maximum Gasteiger partial charge on any atom is 0.230 e. The summed E-state index contributed by atoms with van der Waals surface area (Å²) in [6.07, 6.45) is 0. The molecule has 1 aromatic rings. The summed E-state index contributed by atoms with van der Waals surface area (Å²) >= 11 is 1.68. The summed E-state index contributed by atoms with van der Waals surface area (Å²) in [6.45, 7) is 10.6. The van der Waals surface area contributed by atoms with Crippen LogP contribution in [-0.2, 0) is 4.79 Å². The molecule has 0 aliphatic rings. The number of amides is 1. The van der Waals surface area contributed by atoms with Crippen LogP contribution < -0.4 is 5.32 Å². The molecule has 0 heterocycles. The lowest BCUT2D eigenvalue weighted by Gasteiger charge is -2.24. The van der Waals surface area contributed by atoms with Gasteiger partial charge in [0, 0.05) is 4.75 Å². The fourth-order valence-corrected chi connectivity index (χ4v) is 2.44. The molecule has 0 saturated carbocycles. The molecular formula is C16H25NOS. The van der Waals surface area contributed by atoms with E-state index in [1.165, 1.54) is 5.56 Å². The van der Waals surface area contributed by atoms with Crippen LogP contribution in [0.5, 0.6) is 0 Å². The van der Waals surface area contributed by atoms with E-state index in [0.717, 1.165) is 0 Å². The molecule has 0 bridgehead atoms. The summed E-state index contributed by atoms with van der Waals surface area (Å²) in [7, 11) is 0. The number of nitrogens with one attached hydrogen (secondary N) is 1. The standard InChI is InChI=1S/C16H25NOS/c1-12(2)15(13-9-7-6-8-10-13)17-14(18)11-19-16(3,4)5/h6-10,12,15H,11H2,1-5H3,(H,17,18). The van der Waals surface area contributed by atoms with Crippen molar-refractivity contribution in [1.29, 1.82) is 0 Å². The van der Waals surface area contributed by atoms with Gasteiger partial charge in [0.2, 0.25) is 5.91 Å². The van der Waals surface area contributed by atoms with Crippen LogP contribution in [0, 0.1) is 5.92 Å². The van der Waals surface area contributed by atoms with Gasteiger partial charge in [0.05, 0.1) is 11.8 Å². The summed E-state index contributed by atoms with van der Waals surface area (Å²) in [5, 5.41) is 3.15. The van der Waals surface area contributed by atoms with Crippen molar-refractivity contribution in [3.8, 4) is 0 Å². The van der Waals surface area contributed by atoms with Crippen LogP contribution in [0.15, 0.2) is 30.3 Å². The molecular weight excluding hydrogens is 254 g/mol. The molecule has 1 N–H and O–H groups in total. The van der Waals surface area contributed by atoms with Gasteiger partial charge in [-0.05, 0) is 11.5 Å². The fourth-order valence-electron chi connectivity index (χ4n) is 1.79. The summed E-state index contributed by atoms with van der Waals surface area (Å²) in [6, 6.07) is 10.3. The largest absolute Gasteiger partial charge is 0.348 e. The van der Waals surface area contributed by atoms with Crippen LogP contribution in [0.25, 0.3) is 0 Å². The van der Waals surface area contributed by atoms with E-state index in [4.69, 9.17) is 0 Å². The molecule has 0 aliphatic heterocycles. The first-order chi connectivity index (χ1) is 8.79. The normalized spacial score (nSPS) is 13.4. The highest BCUT2D eigenvalue weighted by molar-refractivity contribution is 8.01. The van der Waals surface area contributed by atoms with Crippen molar-refractivity contribution in [2.24, 2.45) is 5.92 Å². The highest BCUT2D eigenvalue weighted by Gasteiger charge is 2.19. The second-order valence-electron chi connectivity index (χ2n) is 6.10. The molecule has 19 heavy (non-hydrogen) atoms. The van der Waals surface area contributed by atoms with Gasteiger partial charge in [-0.2, -0.15) is 0 Å². The first-order valence-electron chi connectivity index (χ1n) is 6.78. The Bertz CT molecular complexity index is 395. The SMILES string of the molecule is CC(C)C(NC(=O)CSC(C)(C)C)c1ccccc1. The maximum atomic E-state index is 12.0. The van der Waals surface area contributed by atoms with E-state index >= 15 is 0 Å². The first-order valence-corrected chi connectivity index (χ1v) is 7.76. The summed E-state index contributed by atoms with van der Waals surface area (Å²) in [5.41, 5.74) is 1.17. The number of thioether (sulfide) groups is 1. The minimum atomic E-state index is 0.0919. The van der Waals surface area contributed by atoms with Gasteiger partial charge in [-0.25, -0.2) is 0 Å². The molecule has 0 aliphatic carbocycles. The Labute approximate surface area is 121 Å². The van der Waals surface area contributed by atoms with Gasteiger partial charge < -0.3 is 5.32 Å². The lowest BCUT2D eigenvalue weighted by molar-refractivity contribution is -0.119. The van der Waals surface area contributed by atoms with E-state index in [1.54, 1.807) is 11.8 Å². The predicted molar refractivity (Wildman–Crippen MR) is 84.4 cm³/mol. The highest BCUT2D eigenvalue weighted by atomic mass is 32.2. The average molecular weight is 279 g/mol. The van der Waals surface area contributed by atoms with Crippen molar-refractivity contribution in [2.45, 2.75) is 45.4 Å². The van der Waals surface area contributed by atoms with E-state index in [-0.39, 0.29) is 16.7 Å². The molecule has 1 amide bonds. The second kappa shape index (κ2) is 6.99. The molecule has 0 radical (unpaired) electrons. The molecule has 1 aromatic carbocycles.